The second-order valence-electron chi connectivity index (χ2n) is 18.3. The van der Waals surface area contributed by atoms with E-state index in [2.05, 4.69) is 266 Å². The van der Waals surface area contributed by atoms with E-state index in [0.717, 1.165) is 39.0 Å². The monoisotopic (exact) mass is 877 g/mol. The van der Waals surface area contributed by atoms with Crippen LogP contribution < -0.4 is 4.90 Å². The van der Waals surface area contributed by atoms with Crippen molar-refractivity contribution in [2.45, 2.75) is 5.41 Å². The molecule has 1 aromatic heterocycles. The highest BCUT2D eigenvalue weighted by molar-refractivity contribution is 6.18. The van der Waals surface area contributed by atoms with E-state index < -0.39 is 5.41 Å². The summed E-state index contributed by atoms with van der Waals surface area (Å²) in [5, 5.41) is 2.26. The van der Waals surface area contributed by atoms with E-state index in [1.807, 2.05) is 0 Å². The fourth-order valence-corrected chi connectivity index (χ4v) is 11.7. The average Bonchev–Trinajstić information content (AvgIpc) is 4.05. The SMILES string of the molecule is c1ccc(-c2ccc(-c3ccc(N(c4ccc(-c5ccccc5)cc4)c4ccc5c(c4)-c4c(cc6oc7ccccc7c6c4-c4ccccc4)C54c5ccccc5-c5ccccc54)cc3)cc2)cc1. The first-order chi connectivity index (χ1) is 34.2. The maximum absolute atomic E-state index is 6.90. The van der Waals surface area contributed by atoms with Gasteiger partial charge in [0.1, 0.15) is 11.2 Å². The minimum atomic E-state index is -0.576. The van der Waals surface area contributed by atoms with Crippen LogP contribution in [0.1, 0.15) is 22.3 Å². The largest absolute Gasteiger partial charge is 0.456 e. The first-order valence-corrected chi connectivity index (χ1v) is 23.8. The summed E-state index contributed by atoms with van der Waals surface area (Å²) in [6.45, 7) is 0. The second kappa shape index (κ2) is 15.6. The summed E-state index contributed by atoms with van der Waals surface area (Å²) in [4.78, 5) is 2.42. The zero-order valence-corrected chi connectivity index (χ0v) is 37.7. The minimum absolute atomic E-state index is 0.576. The zero-order chi connectivity index (χ0) is 45.5. The molecule has 0 saturated heterocycles. The van der Waals surface area contributed by atoms with E-state index in [1.165, 1.54) is 89.0 Å². The van der Waals surface area contributed by atoms with Crippen LogP contribution in [0.15, 0.2) is 265 Å². The number of hydrogen-bond donors (Lipinski definition) is 0. The molecular weight excluding hydrogens is 835 g/mol. The molecule has 0 radical (unpaired) electrons. The molecule has 14 rings (SSSR count). The number of anilines is 3. The number of nitrogens with zero attached hydrogens (tertiary/aromatic N) is 1. The van der Waals surface area contributed by atoms with Gasteiger partial charge in [-0.1, -0.05) is 212 Å². The number of furan rings is 1. The summed E-state index contributed by atoms with van der Waals surface area (Å²) in [6.07, 6.45) is 0. The molecule has 1 spiro atoms. The molecule has 2 heteroatoms. The molecule has 0 aliphatic heterocycles. The molecule has 0 bridgehead atoms. The molecule has 69 heavy (non-hydrogen) atoms. The Bertz CT molecular complexity index is 3860. The lowest BCUT2D eigenvalue weighted by atomic mass is 9.70. The topological polar surface area (TPSA) is 16.4 Å². The van der Waals surface area contributed by atoms with Gasteiger partial charge in [-0.05, 0) is 132 Å². The van der Waals surface area contributed by atoms with Crippen LogP contribution in [0.4, 0.5) is 17.1 Å². The quantitative estimate of drug-likeness (QED) is 0.159. The molecule has 11 aromatic carbocycles. The number of fused-ring (bicyclic) bond motifs is 13. The summed E-state index contributed by atoms with van der Waals surface area (Å²) in [6, 6.07) is 95.4. The van der Waals surface area contributed by atoms with Crippen LogP contribution in [0.25, 0.3) is 88.7 Å². The molecule has 2 nitrogen and oxygen atoms in total. The van der Waals surface area contributed by atoms with Gasteiger partial charge in [-0.15, -0.1) is 0 Å². The molecule has 0 fully saturated rings. The van der Waals surface area contributed by atoms with Crippen LogP contribution in [0.2, 0.25) is 0 Å². The highest BCUT2D eigenvalue weighted by Gasteiger charge is 2.53. The maximum Gasteiger partial charge on any atom is 0.136 e. The lowest BCUT2D eigenvalue weighted by Crippen LogP contribution is -2.26. The Morgan fingerprint density at radius 2 is 0.696 bits per heavy atom. The molecule has 12 aromatic rings. The molecule has 0 amide bonds. The first kappa shape index (κ1) is 39.2. The highest BCUT2D eigenvalue weighted by atomic mass is 16.3. The lowest BCUT2D eigenvalue weighted by molar-refractivity contribution is 0.666. The third-order valence-corrected chi connectivity index (χ3v) is 14.7. The predicted octanol–water partition coefficient (Wildman–Crippen LogP) is 18.1. The Balaban J connectivity index is 1.01. The molecule has 2 aliphatic rings. The van der Waals surface area contributed by atoms with Crippen molar-refractivity contribution in [3.05, 3.63) is 283 Å². The summed E-state index contributed by atoms with van der Waals surface area (Å²) in [7, 11) is 0. The fraction of sp³-hybridized carbons (Fsp3) is 0.0149. The summed E-state index contributed by atoms with van der Waals surface area (Å²) in [5.41, 5.74) is 24.1. The van der Waals surface area contributed by atoms with Crippen molar-refractivity contribution in [1.82, 2.24) is 0 Å². The van der Waals surface area contributed by atoms with Crippen LogP contribution >= 0.6 is 0 Å². The second-order valence-corrected chi connectivity index (χ2v) is 18.3. The molecule has 0 saturated carbocycles. The molecule has 0 atom stereocenters. The lowest BCUT2D eigenvalue weighted by Gasteiger charge is -2.31. The van der Waals surface area contributed by atoms with Crippen molar-refractivity contribution in [3.63, 3.8) is 0 Å². The van der Waals surface area contributed by atoms with Crippen LogP contribution in [-0.2, 0) is 5.41 Å². The van der Waals surface area contributed by atoms with Gasteiger partial charge in [0.05, 0.1) is 5.41 Å². The highest BCUT2D eigenvalue weighted by Crippen LogP contribution is 2.66. The molecule has 1 heterocycles. The van der Waals surface area contributed by atoms with Crippen LogP contribution in [0.5, 0.6) is 0 Å². The number of para-hydroxylation sites is 1. The Morgan fingerprint density at radius 3 is 1.25 bits per heavy atom. The predicted molar refractivity (Wildman–Crippen MR) is 286 cm³/mol. The van der Waals surface area contributed by atoms with Crippen molar-refractivity contribution in [1.29, 1.82) is 0 Å². The van der Waals surface area contributed by atoms with E-state index >= 15 is 0 Å². The van der Waals surface area contributed by atoms with Gasteiger partial charge in [-0.2, -0.15) is 0 Å². The van der Waals surface area contributed by atoms with E-state index in [-0.39, 0.29) is 0 Å². The summed E-state index contributed by atoms with van der Waals surface area (Å²) >= 11 is 0. The van der Waals surface area contributed by atoms with Gasteiger partial charge in [0.25, 0.3) is 0 Å². The van der Waals surface area contributed by atoms with Gasteiger partial charge in [0.15, 0.2) is 0 Å². The third kappa shape index (κ3) is 5.99. The average molecular weight is 878 g/mol. The number of rotatable bonds is 7. The van der Waals surface area contributed by atoms with Gasteiger partial charge in [-0.3, -0.25) is 0 Å². The Hall–Kier alpha value is -8.98. The van der Waals surface area contributed by atoms with Gasteiger partial charge in [0.2, 0.25) is 0 Å². The van der Waals surface area contributed by atoms with Gasteiger partial charge in [-0.25, -0.2) is 0 Å². The number of hydrogen-bond acceptors (Lipinski definition) is 2. The zero-order valence-electron chi connectivity index (χ0n) is 37.7. The Kier molecular flexibility index (Phi) is 8.84. The van der Waals surface area contributed by atoms with Gasteiger partial charge >= 0.3 is 0 Å². The van der Waals surface area contributed by atoms with E-state index in [0.29, 0.717) is 0 Å². The standard InChI is InChI=1S/C67H43NO/c1-4-16-44(17-5-1)46-28-30-47(31-29-46)49-34-38-52(39-35-49)68(51-36-32-48(33-37-51)45-18-6-2-7-19-45)53-40-41-60-57(42-53)65-61(67(60)58-25-13-10-22-54(58)55-23-11-14-26-59(55)67)43-63-66(56-24-12-15-27-62(56)69-63)64(65)50-20-8-3-9-21-50/h1-43H. The molecule has 322 valence electrons. The van der Waals surface area contributed by atoms with Gasteiger partial charge < -0.3 is 9.32 Å². The first-order valence-electron chi connectivity index (χ1n) is 23.8. The Labute approximate surface area is 401 Å². The van der Waals surface area contributed by atoms with E-state index in [9.17, 15) is 0 Å². The minimum Gasteiger partial charge on any atom is -0.456 e. The molecular formula is C67H43NO. The molecule has 0 unspecified atom stereocenters. The van der Waals surface area contributed by atoms with Crippen LogP contribution in [0.3, 0.4) is 0 Å². The summed E-state index contributed by atoms with van der Waals surface area (Å²) in [5.74, 6) is 0. The maximum atomic E-state index is 6.90. The fourth-order valence-electron chi connectivity index (χ4n) is 11.7. The van der Waals surface area contributed by atoms with Crippen molar-refractivity contribution >= 4 is 39.0 Å². The van der Waals surface area contributed by atoms with Gasteiger partial charge in [0, 0.05) is 33.4 Å². The van der Waals surface area contributed by atoms with Crippen molar-refractivity contribution in [2.75, 3.05) is 4.90 Å². The Morgan fingerprint density at radius 1 is 0.275 bits per heavy atom. The smallest absolute Gasteiger partial charge is 0.136 e. The summed E-state index contributed by atoms with van der Waals surface area (Å²) < 4.78 is 6.90. The van der Waals surface area contributed by atoms with Crippen LogP contribution in [-0.4, -0.2) is 0 Å². The normalized spacial score (nSPS) is 12.8. The van der Waals surface area contributed by atoms with E-state index in [1.54, 1.807) is 0 Å². The van der Waals surface area contributed by atoms with Crippen molar-refractivity contribution < 1.29 is 4.42 Å². The van der Waals surface area contributed by atoms with Crippen LogP contribution in [0, 0.1) is 0 Å². The molecule has 2 aliphatic carbocycles. The van der Waals surface area contributed by atoms with E-state index in [4.69, 9.17) is 4.42 Å². The van der Waals surface area contributed by atoms with Crippen molar-refractivity contribution in [3.8, 4) is 66.8 Å². The third-order valence-electron chi connectivity index (χ3n) is 14.7. The van der Waals surface area contributed by atoms with Crippen molar-refractivity contribution in [2.24, 2.45) is 0 Å². The number of benzene rings is 11. The molecule has 0 N–H and O–H groups in total.